The van der Waals surface area contributed by atoms with Crippen LogP contribution in [0.5, 0.6) is 0 Å². The Kier molecular flexibility index (Phi) is 6.49. The van der Waals surface area contributed by atoms with Gasteiger partial charge in [0.05, 0.1) is 6.04 Å². The molecule has 2 unspecified atom stereocenters. The van der Waals surface area contributed by atoms with Crippen molar-refractivity contribution in [2.45, 2.75) is 38.8 Å². The summed E-state index contributed by atoms with van der Waals surface area (Å²) in [5, 5.41) is 0.797. The van der Waals surface area contributed by atoms with Crippen LogP contribution in [-0.2, 0) is 0 Å². The zero-order chi connectivity index (χ0) is 15.2. The Bertz CT molecular complexity index is 430. The Balaban J connectivity index is 2.11. The number of piperazine rings is 1. The second kappa shape index (κ2) is 8.14. The van der Waals surface area contributed by atoms with Crippen molar-refractivity contribution in [2.75, 3.05) is 32.7 Å². The number of halogens is 1. The summed E-state index contributed by atoms with van der Waals surface area (Å²) in [4.78, 5) is 5.08. The molecule has 2 atom stereocenters. The van der Waals surface area contributed by atoms with Crippen molar-refractivity contribution in [3.05, 3.63) is 34.9 Å². The zero-order valence-electron chi connectivity index (χ0n) is 13.3. The van der Waals surface area contributed by atoms with Crippen molar-refractivity contribution >= 4 is 11.6 Å². The fourth-order valence-electron chi connectivity index (χ4n) is 3.22. The molecule has 3 nitrogen and oxygen atoms in total. The number of rotatable bonds is 6. The van der Waals surface area contributed by atoms with Gasteiger partial charge in [0.25, 0.3) is 0 Å². The highest BCUT2D eigenvalue weighted by molar-refractivity contribution is 6.30. The molecule has 1 heterocycles. The molecule has 1 saturated heterocycles. The van der Waals surface area contributed by atoms with Crippen LogP contribution in [0.15, 0.2) is 24.3 Å². The van der Waals surface area contributed by atoms with E-state index in [1.807, 2.05) is 12.1 Å². The molecule has 21 heavy (non-hydrogen) atoms. The highest BCUT2D eigenvalue weighted by Gasteiger charge is 2.28. The van der Waals surface area contributed by atoms with Gasteiger partial charge in [-0.25, -0.2) is 0 Å². The third kappa shape index (κ3) is 4.43. The Morgan fingerprint density at radius 2 is 1.90 bits per heavy atom. The second-order valence-corrected chi connectivity index (χ2v) is 6.39. The molecule has 2 N–H and O–H groups in total. The Hall–Kier alpha value is -0.610. The van der Waals surface area contributed by atoms with Crippen molar-refractivity contribution in [1.29, 1.82) is 0 Å². The molecule has 2 rings (SSSR count). The summed E-state index contributed by atoms with van der Waals surface area (Å²) in [7, 11) is 0. The van der Waals surface area contributed by atoms with Crippen LogP contribution >= 0.6 is 11.6 Å². The van der Waals surface area contributed by atoms with Gasteiger partial charge in [0.2, 0.25) is 0 Å². The van der Waals surface area contributed by atoms with Crippen LogP contribution in [0.2, 0.25) is 5.02 Å². The fourth-order valence-corrected chi connectivity index (χ4v) is 3.42. The van der Waals surface area contributed by atoms with E-state index in [1.54, 1.807) is 0 Å². The molecule has 1 aromatic rings. The molecule has 0 aromatic heterocycles. The van der Waals surface area contributed by atoms with Gasteiger partial charge in [0.15, 0.2) is 0 Å². The molecular weight excluding hydrogens is 282 g/mol. The average molecular weight is 310 g/mol. The maximum absolute atomic E-state index is 6.43. The lowest BCUT2D eigenvalue weighted by atomic mass is 9.95. The van der Waals surface area contributed by atoms with Crippen LogP contribution in [0.3, 0.4) is 0 Å². The SMILES string of the molecule is CCCN1CCN(C(c2cccc(Cl)c2)C(N)CC)CC1. The molecule has 1 aromatic carbocycles. The normalized spacial score (nSPS) is 20.4. The van der Waals surface area contributed by atoms with E-state index in [4.69, 9.17) is 17.3 Å². The van der Waals surface area contributed by atoms with Gasteiger partial charge in [-0.05, 0) is 37.1 Å². The molecule has 0 saturated carbocycles. The van der Waals surface area contributed by atoms with E-state index in [-0.39, 0.29) is 12.1 Å². The van der Waals surface area contributed by atoms with Crippen LogP contribution in [0.4, 0.5) is 0 Å². The van der Waals surface area contributed by atoms with E-state index >= 15 is 0 Å². The number of nitrogens with two attached hydrogens (primary N) is 1. The second-order valence-electron chi connectivity index (χ2n) is 5.95. The zero-order valence-corrected chi connectivity index (χ0v) is 14.0. The quantitative estimate of drug-likeness (QED) is 0.876. The molecule has 0 bridgehead atoms. The van der Waals surface area contributed by atoms with Crippen LogP contribution in [0.1, 0.15) is 38.3 Å². The van der Waals surface area contributed by atoms with Crippen LogP contribution in [0.25, 0.3) is 0 Å². The lowest BCUT2D eigenvalue weighted by Crippen LogP contribution is -2.51. The molecule has 0 amide bonds. The number of hydrogen-bond acceptors (Lipinski definition) is 3. The van der Waals surface area contributed by atoms with Gasteiger partial charge in [0, 0.05) is 37.2 Å². The standard InChI is InChI=1S/C17H28ClN3/c1-3-8-20-9-11-21(12-10-20)17(16(19)4-2)14-6-5-7-15(18)13-14/h5-7,13,16-17H,3-4,8-12,19H2,1-2H3. The summed E-state index contributed by atoms with van der Waals surface area (Å²) < 4.78 is 0. The van der Waals surface area contributed by atoms with E-state index in [1.165, 1.54) is 18.5 Å². The largest absolute Gasteiger partial charge is 0.326 e. The van der Waals surface area contributed by atoms with Crippen LogP contribution < -0.4 is 5.73 Å². The maximum atomic E-state index is 6.43. The predicted octanol–water partition coefficient (Wildman–Crippen LogP) is 3.15. The van der Waals surface area contributed by atoms with Gasteiger partial charge >= 0.3 is 0 Å². The summed E-state index contributed by atoms with van der Waals surface area (Å²) in [5.74, 6) is 0. The highest BCUT2D eigenvalue weighted by Crippen LogP contribution is 2.28. The van der Waals surface area contributed by atoms with Gasteiger partial charge in [-0.3, -0.25) is 4.90 Å². The first-order chi connectivity index (χ1) is 10.2. The smallest absolute Gasteiger partial charge is 0.0500 e. The summed E-state index contributed by atoms with van der Waals surface area (Å²) in [6, 6.07) is 8.61. The van der Waals surface area contributed by atoms with E-state index < -0.39 is 0 Å². The summed E-state index contributed by atoms with van der Waals surface area (Å²) in [5.41, 5.74) is 7.68. The first-order valence-electron chi connectivity index (χ1n) is 8.13. The van der Waals surface area contributed by atoms with Crippen molar-refractivity contribution in [2.24, 2.45) is 5.73 Å². The monoisotopic (exact) mass is 309 g/mol. The molecule has 0 radical (unpaired) electrons. The van der Waals surface area contributed by atoms with Crippen molar-refractivity contribution in [3.63, 3.8) is 0 Å². The minimum absolute atomic E-state index is 0.154. The summed E-state index contributed by atoms with van der Waals surface area (Å²) in [6.07, 6.45) is 2.21. The Labute approximate surface area is 134 Å². The average Bonchev–Trinajstić information content (AvgIpc) is 2.49. The number of nitrogens with zero attached hydrogens (tertiary/aromatic N) is 2. The maximum Gasteiger partial charge on any atom is 0.0500 e. The van der Waals surface area contributed by atoms with E-state index in [0.717, 1.165) is 37.6 Å². The van der Waals surface area contributed by atoms with Crippen molar-refractivity contribution in [3.8, 4) is 0 Å². The summed E-state index contributed by atoms with van der Waals surface area (Å²) >= 11 is 6.17. The highest BCUT2D eigenvalue weighted by atomic mass is 35.5. The van der Waals surface area contributed by atoms with Gasteiger partial charge in [-0.1, -0.05) is 37.6 Å². The number of hydrogen-bond donors (Lipinski definition) is 1. The number of benzene rings is 1. The van der Waals surface area contributed by atoms with Crippen molar-refractivity contribution < 1.29 is 0 Å². The van der Waals surface area contributed by atoms with Gasteiger partial charge < -0.3 is 10.6 Å². The van der Waals surface area contributed by atoms with E-state index in [0.29, 0.717) is 0 Å². The third-order valence-corrected chi connectivity index (χ3v) is 4.64. The molecular formula is C17H28ClN3. The minimum atomic E-state index is 0.154. The van der Waals surface area contributed by atoms with E-state index in [9.17, 15) is 0 Å². The molecule has 1 aliphatic heterocycles. The molecule has 1 fully saturated rings. The molecule has 1 aliphatic rings. The summed E-state index contributed by atoms with van der Waals surface area (Å²) in [6.45, 7) is 10.1. The predicted molar refractivity (Wildman–Crippen MR) is 90.8 cm³/mol. The first-order valence-corrected chi connectivity index (χ1v) is 8.51. The first kappa shape index (κ1) is 16.8. The van der Waals surface area contributed by atoms with E-state index in [2.05, 4.69) is 35.8 Å². The Morgan fingerprint density at radius 1 is 1.19 bits per heavy atom. The molecule has 118 valence electrons. The lowest BCUT2D eigenvalue weighted by molar-refractivity contribution is 0.0836. The lowest BCUT2D eigenvalue weighted by Gasteiger charge is -2.41. The molecule has 4 heteroatoms. The van der Waals surface area contributed by atoms with Gasteiger partial charge in [-0.15, -0.1) is 0 Å². The minimum Gasteiger partial charge on any atom is -0.326 e. The van der Waals surface area contributed by atoms with Crippen LogP contribution in [-0.4, -0.2) is 48.6 Å². The Morgan fingerprint density at radius 3 is 2.48 bits per heavy atom. The van der Waals surface area contributed by atoms with Crippen molar-refractivity contribution in [1.82, 2.24) is 9.80 Å². The fraction of sp³-hybridized carbons (Fsp3) is 0.647. The van der Waals surface area contributed by atoms with Gasteiger partial charge in [-0.2, -0.15) is 0 Å². The molecule has 0 aliphatic carbocycles. The van der Waals surface area contributed by atoms with Crippen LogP contribution in [0, 0.1) is 0 Å². The third-order valence-electron chi connectivity index (χ3n) is 4.41. The van der Waals surface area contributed by atoms with Gasteiger partial charge in [0.1, 0.15) is 0 Å². The molecule has 0 spiro atoms. The topological polar surface area (TPSA) is 32.5 Å².